The Labute approximate surface area is 121 Å². The fourth-order valence-electron chi connectivity index (χ4n) is 2.55. The molecule has 4 heteroatoms. The summed E-state index contributed by atoms with van der Waals surface area (Å²) < 4.78 is 0. The number of piperazine rings is 1. The fraction of sp³-hybridized carbons (Fsp3) is 0.562. The summed E-state index contributed by atoms with van der Waals surface area (Å²) in [6.45, 7) is 9.61. The van der Waals surface area contributed by atoms with Crippen molar-refractivity contribution in [3.63, 3.8) is 0 Å². The van der Waals surface area contributed by atoms with Gasteiger partial charge in [0.25, 0.3) is 0 Å². The molecule has 2 rings (SSSR count). The Hall–Kier alpha value is -1.55. The second-order valence-electron chi connectivity index (χ2n) is 5.81. The van der Waals surface area contributed by atoms with E-state index in [9.17, 15) is 4.79 Å². The van der Waals surface area contributed by atoms with Crippen LogP contribution < -0.4 is 15.5 Å². The second kappa shape index (κ2) is 6.27. The van der Waals surface area contributed by atoms with Gasteiger partial charge in [0.15, 0.2) is 0 Å². The van der Waals surface area contributed by atoms with Gasteiger partial charge in [-0.2, -0.15) is 0 Å². The molecule has 0 bridgehead atoms. The molecule has 110 valence electrons. The van der Waals surface area contributed by atoms with Crippen LogP contribution >= 0.6 is 0 Å². The lowest BCUT2D eigenvalue weighted by Crippen LogP contribution is -2.62. The Balaban J connectivity index is 2.07. The maximum Gasteiger partial charge on any atom is 0.245 e. The minimum absolute atomic E-state index is 0.0949. The summed E-state index contributed by atoms with van der Waals surface area (Å²) in [7, 11) is 0. The average molecular weight is 275 g/mol. The number of nitrogens with zero attached hydrogens (tertiary/aromatic N) is 1. The first-order valence-electron chi connectivity index (χ1n) is 7.41. The quantitative estimate of drug-likeness (QED) is 0.807. The molecule has 0 saturated carbocycles. The highest BCUT2D eigenvalue weighted by molar-refractivity contribution is 5.90. The second-order valence-corrected chi connectivity index (χ2v) is 5.81. The molecular formula is C16H25N3O. The molecule has 1 aliphatic heterocycles. The number of rotatable bonds is 5. The van der Waals surface area contributed by atoms with Crippen molar-refractivity contribution in [3.8, 4) is 0 Å². The zero-order valence-corrected chi connectivity index (χ0v) is 12.7. The summed E-state index contributed by atoms with van der Waals surface area (Å²) in [6, 6.07) is 8.51. The van der Waals surface area contributed by atoms with E-state index in [1.165, 1.54) is 5.56 Å². The summed E-state index contributed by atoms with van der Waals surface area (Å²) in [4.78, 5) is 14.2. The van der Waals surface area contributed by atoms with E-state index in [0.717, 1.165) is 31.7 Å². The van der Waals surface area contributed by atoms with Crippen molar-refractivity contribution < 1.29 is 4.79 Å². The largest absolute Gasteiger partial charge is 0.356 e. The van der Waals surface area contributed by atoms with Gasteiger partial charge in [-0.25, -0.2) is 0 Å². The summed E-state index contributed by atoms with van der Waals surface area (Å²) in [6.07, 6.45) is 1.15. The lowest BCUT2D eigenvalue weighted by molar-refractivity contribution is -0.126. The number of anilines is 1. The monoisotopic (exact) mass is 275 g/mol. The van der Waals surface area contributed by atoms with Gasteiger partial charge in [-0.3, -0.25) is 4.79 Å². The molecule has 0 spiro atoms. The summed E-state index contributed by atoms with van der Waals surface area (Å²) in [5, 5.41) is 6.32. The molecule has 0 unspecified atom stereocenters. The van der Waals surface area contributed by atoms with Gasteiger partial charge in [0.1, 0.15) is 5.54 Å². The van der Waals surface area contributed by atoms with Crippen molar-refractivity contribution in [2.24, 2.45) is 0 Å². The van der Waals surface area contributed by atoms with E-state index in [1.54, 1.807) is 0 Å². The number of hydrogen-bond donors (Lipinski definition) is 2. The predicted octanol–water partition coefficient (Wildman–Crippen LogP) is 1.90. The van der Waals surface area contributed by atoms with Gasteiger partial charge in [0.2, 0.25) is 5.91 Å². The molecule has 20 heavy (non-hydrogen) atoms. The van der Waals surface area contributed by atoms with E-state index in [4.69, 9.17) is 0 Å². The number of carbonyl (C=O) groups is 1. The first-order valence-corrected chi connectivity index (χ1v) is 7.41. The molecule has 0 aromatic heterocycles. The van der Waals surface area contributed by atoms with Crippen molar-refractivity contribution >= 4 is 11.6 Å². The topological polar surface area (TPSA) is 44.4 Å². The molecule has 1 saturated heterocycles. The molecule has 0 aliphatic carbocycles. The molecule has 2 N–H and O–H groups in total. The minimum Gasteiger partial charge on any atom is -0.356 e. The van der Waals surface area contributed by atoms with Gasteiger partial charge in [0, 0.05) is 25.3 Å². The first-order chi connectivity index (χ1) is 9.55. The van der Waals surface area contributed by atoms with E-state index >= 15 is 0 Å². The van der Waals surface area contributed by atoms with Gasteiger partial charge in [-0.1, -0.05) is 19.1 Å². The normalized spacial score (nSPS) is 17.9. The first kappa shape index (κ1) is 14.9. The highest BCUT2D eigenvalue weighted by atomic mass is 16.2. The number of nitrogens with one attached hydrogen (secondary N) is 2. The molecule has 0 radical (unpaired) electrons. The molecule has 4 nitrogen and oxygen atoms in total. The van der Waals surface area contributed by atoms with Crippen molar-refractivity contribution in [3.05, 3.63) is 29.8 Å². The third-order valence-electron chi connectivity index (χ3n) is 3.86. The van der Waals surface area contributed by atoms with Crippen LogP contribution in [0.5, 0.6) is 0 Å². The molecule has 0 atom stereocenters. The third kappa shape index (κ3) is 3.12. The van der Waals surface area contributed by atoms with E-state index < -0.39 is 5.54 Å². The summed E-state index contributed by atoms with van der Waals surface area (Å²) in [5.41, 5.74) is 1.91. The summed E-state index contributed by atoms with van der Waals surface area (Å²) >= 11 is 0. The van der Waals surface area contributed by atoms with E-state index in [2.05, 4.69) is 46.7 Å². The lowest BCUT2D eigenvalue weighted by atomic mass is 9.97. The zero-order chi connectivity index (χ0) is 14.6. The highest BCUT2D eigenvalue weighted by Crippen LogP contribution is 2.26. The van der Waals surface area contributed by atoms with Crippen molar-refractivity contribution in [2.45, 2.75) is 39.3 Å². The lowest BCUT2D eigenvalue weighted by Gasteiger charge is -2.42. The number of benzene rings is 1. The molecule has 1 aromatic rings. The zero-order valence-electron chi connectivity index (χ0n) is 12.7. The van der Waals surface area contributed by atoms with E-state index in [0.29, 0.717) is 6.54 Å². The Morgan fingerprint density at radius 1 is 1.30 bits per heavy atom. The van der Waals surface area contributed by atoms with Crippen LogP contribution in [0.3, 0.4) is 0 Å². The Kier molecular flexibility index (Phi) is 4.65. The maximum atomic E-state index is 12.0. The molecule has 1 aromatic carbocycles. The SMILES string of the molecule is CCCNCc1ccc(N2CCNC(=O)C2(C)C)cc1. The Morgan fingerprint density at radius 3 is 2.65 bits per heavy atom. The van der Waals surface area contributed by atoms with Crippen LogP contribution in [0.15, 0.2) is 24.3 Å². The minimum atomic E-state index is -0.486. The Bertz CT molecular complexity index is 453. The van der Waals surface area contributed by atoms with Gasteiger partial charge in [-0.05, 0) is 44.5 Å². The smallest absolute Gasteiger partial charge is 0.245 e. The predicted molar refractivity (Wildman–Crippen MR) is 82.9 cm³/mol. The van der Waals surface area contributed by atoms with Crippen LogP contribution in [0.1, 0.15) is 32.8 Å². The van der Waals surface area contributed by atoms with Crippen LogP contribution in [0.2, 0.25) is 0 Å². The van der Waals surface area contributed by atoms with Gasteiger partial charge in [-0.15, -0.1) is 0 Å². The summed E-state index contributed by atoms with van der Waals surface area (Å²) in [5.74, 6) is 0.0949. The molecule has 1 amide bonds. The van der Waals surface area contributed by atoms with E-state index in [-0.39, 0.29) is 5.91 Å². The molecular weight excluding hydrogens is 250 g/mol. The number of amides is 1. The van der Waals surface area contributed by atoms with Crippen LogP contribution in [0, 0.1) is 0 Å². The van der Waals surface area contributed by atoms with Crippen molar-refractivity contribution in [2.75, 3.05) is 24.5 Å². The van der Waals surface area contributed by atoms with Crippen LogP contribution in [0.25, 0.3) is 0 Å². The third-order valence-corrected chi connectivity index (χ3v) is 3.86. The highest BCUT2D eigenvalue weighted by Gasteiger charge is 2.37. The van der Waals surface area contributed by atoms with Gasteiger partial charge in [0.05, 0.1) is 0 Å². The van der Waals surface area contributed by atoms with Crippen LogP contribution in [-0.2, 0) is 11.3 Å². The number of hydrogen-bond acceptors (Lipinski definition) is 3. The Morgan fingerprint density at radius 2 is 2.00 bits per heavy atom. The molecule has 1 fully saturated rings. The van der Waals surface area contributed by atoms with Crippen LogP contribution in [0.4, 0.5) is 5.69 Å². The molecule has 1 aliphatic rings. The van der Waals surface area contributed by atoms with Crippen molar-refractivity contribution in [1.29, 1.82) is 0 Å². The van der Waals surface area contributed by atoms with E-state index in [1.807, 2.05) is 13.8 Å². The molecule has 1 heterocycles. The van der Waals surface area contributed by atoms with Gasteiger partial charge < -0.3 is 15.5 Å². The number of carbonyl (C=O) groups excluding carboxylic acids is 1. The fourth-order valence-corrected chi connectivity index (χ4v) is 2.55. The standard InChI is InChI=1S/C16H25N3O/c1-4-9-17-12-13-5-7-14(8-6-13)19-11-10-18-15(20)16(19,2)3/h5-8,17H,4,9-12H2,1-3H3,(H,18,20). The average Bonchev–Trinajstić information content (AvgIpc) is 2.43. The maximum absolute atomic E-state index is 12.0. The van der Waals surface area contributed by atoms with Crippen LogP contribution in [-0.4, -0.2) is 31.1 Å². The van der Waals surface area contributed by atoms with Crippen molar-refractivity contribution in [1.82, 2.24) is 10.6 Å². The van der Waals surface area contributed by atoms with Gasteiger partial charge >= 0.3 is 0 Å².